The van der Waals surface area contributed by atoms with Crippen LogP contribution in [0, 0.1) is 6.92 Å². The second-order valence-electron chi connectivity index (χ2n) is 6.73. The number of carboxylic acid groups (broad SMARTS) is 1. The molecule has 0 fully saturated rings. The van der Waals surface area contributed by atoms with Gasteiger partial charge < -0.3 is 9.84 Å². The lowest BCUT2D eigenvalue weighted by molar-refractivity contribution is -0.139. The molecule has 0 aliphatic rings. The lowest BCUT2D eigenvalue weighted by atomic mass is 10.1. The number of aryl methyl sites for hydroxylation is 1. The monoisotopic (exact) mass is 541 g/mol. The first-order chi connectivity index (χ1) is 16.1. The van der Waals surface area contributed by atoms with Crippen LogP contribution in [0.5, 0.6) is 5.75 Å². The zero-order valence-corrected chi connectivity index (χ0v) is 20.6. The molecule has 1 heterocycles. The van der Waals surface area contributed by atoms with Gasteiger partial charge in [0.1, 0.15) is 9.96 Å². The summed E-state index contributed by atoms with van der Waals surface area (Å²) in [5, 5.41) is 13.0. The molecule has 0 saturated carbocycles. The number of nitrogens with one attached hydrogen (secondary N) is 2. The number of hydrogen-bond donors (Lipinski definition) is 3. The highest BCUT2D eigenvalue weighted by Gasteiger charge is 2.22. The number of rotatable bonds is 9. The third-order valence-electron chi connectivity index (χ3n) is 4.26. The SMILES string of the molecule is Cc1cccc(C(=O)NN=Cc2cc(Cl)ccc2OCC(=O)O)c1NS(=O)(=O)c1ccc(Cl)s1. The van der Waals surface area contributed by atoms with Gasteiger partial charge in [-0.25, -0.2) is 18.6 Å². The van der Waals surface area contributed by atoms with E-state index in [1.807, 2.05) is 0 Å². The number of thiophene rings is 1. The van der Waals surface area contributed by atoms with Gasteiger partial charge in [-0.15, -0.1) is 11.3 Å². The van der Waals surface area contributed by atoms with E-state index in [-0.39, 0.29) is 21.2 Å². The highest BCUT2D eigenvalue weighted by Crippen LogP contribution is 2.29. The smallest absolute Gasteiger partial charge is 0.341 e. The minimum absolute atomic E-state index is 0.0000198. The zero-order valence-electron chi connectivity index (χ0n) is 17.4. The number of aliphatic carboxylic acids is 1. The van der Waals surface area contributed by atoms with Crippen LogP contribution in [0.25, 0.3) is 0 Å². The number of halogens is 2. The molecule has 0 atom stereocenters. The topological polar surface area (TPSA) is 134 Å². The quantitative estimate of drug-likeness (QED) is 0.271. The third kappa shape index (κ3) is 6.48. The molecule has 0 bridgehead atoms. The molecule has 3 rings (SSSR count). The average molecular weight is 542 g/mol. The molecule has 1 amide bonds. The van der Waals surface area contributed by atoms with Crippen LogP contribution in [0.3, 0.4) is 0 Å². The Hall–Kier alpha value is -3.12. The first-order valence-corrected chi connectivity index (χ1v) is 12.5. The summed E-state index contributed by atoms with van der Waals surface area (Å²) in [6.07, 6.45) is 1.23. The van der Waals surface area contributed by atoms with Crippen molar-refractivity contribution in [2.24, 2.45) is 5.10 Å². The first kappa shape index (κ1) is 25.5. The molecule has 178 valence electrons. The number of anilines is 1. The molecule has 34 heavy (non-hydrogen) atoms. The van der Waals surface area contributed by atoms with Crippen molar-refractivity contribution in [2.45, 2.75) is 11.1 Å². The molecule has 0 radical (unpaired) electrons. The number of ether oxygens (including phenoxy) is 1. The molecule has 1 aromatic heterocycles. The molecule has 0 aliphatic carbocycles. The Morgan fingerprint density at radius 2 is 1.94 bits per heavy atom. The van der Waals surface area contributed by atoms with E-state index in [9.17, 15) is 18.0 Å². The summed E-state index contributed by atoms with van der Waals surface area (Å²) >= 11 is 12.7. The van der Waals surface area contributed by atoms with Crippen molar-refractivity contribution in [2.75, 3.05) is 11.3 Å². The van der Waals surface area contributed by atoms with Crippen LogP contribution in [-0.4, -0.2) is 38.2 Å². The molecule has 13 heteroatoms. The van der Waals surface area contributed by atoms with Crippen molar-refractivity contribution in [3.8, 4) is 5.75 Å². The third-order valence-corrected chi connectivity index (χ3v) is 7.57. The number of hydrogen-bond acceptors (Lipinski definition) is 7. The second-order valence-corrected chi connectivity index (χ2v) is 10.8. The lowest BCUT2D eigenvalue weighted by Gasteiger charge is -2.13. The van der Waals surface area contributed by atoms with Crippen LogP contribution >= 0.6 is 34.5 Å². The van der Waals surface area contributed by atoms with Gasteiger partial charge in [0.05, 0.1) is 21.8 Å². The highest BCUT2D eigenvalue weighted by atomic mass is 35.5. The van der Waals surface area contributed by atoms with E-state index < -0.39 is 28.5 Å². The Bertz CT molecular complexity index is 1370. The van der Waals surface area contributed by atoms with Crippen molar-refractivity contribution in [3.05, 3.63) is 74.6 Å². The van der Waals surface area contributed by atoms with E-state index in [0.29, 0.717) is 20.5 Å². The number of carboxylic acids is 1. The fraction of sp³-hybridized carbons (Fsp3) is 0.0952. The van der Waals surface area contributed by atoms with Crippen molar-refractivity contribution < 1.29 is 27.9 Å². The Morgan fingerprint density at radius 1 is 1.18 bits per heavy atom. The number of hydrazone groups is 1. The Morgan fingerprint density at radius 3 is 2.62 bits per heavy atom. The molecule has 2 aromatic carbocycles. The van der Waals surface area contributed by atoms with Crippen LogP contribution in [0.1, 0.15) is 21.5 Å². The van der Waals surface area contributed by atoms with Gasteiger partial charge in [0.25, 0.3) is 15.9 Å². The van der Waals surface area contributed by atoms with Crippen LogP contribution in [0.4, 0.5) is 5.69 Å². The normalized spacial score (nSPS) is 11.4. The van der Waals surface area contributed by atoms with Crippen molar-refractivity contribution in [1.82, 2.24) is 5.43 Å². The van der Waals surface area contributed by atoms with E-state index in [2.05, 4.69) is 15.2 Å². The fourth-order valence-corrected chi connectivity index (χ4v) is 5.55. The van der Waals surface area contributed by atoms with Gasteiger partial charge in [-0.3, -0.25) is 9.52 Å². The summed E-state index contributed by atoms with van der Waals surface area (Å²) in [6, 6.07) is 12.0. The van der Waals surface area contributed by atoms with E-state index in [4.69, 9.17) is 33.0 Å². The second kappa shape index (κ2) is 10.9. The maximum absolute atomic E-state index is 12.8. The average Bonchev–Trinajstić information content (AvgIpc) is 3.21. The Kier molecular flexibility index (Phi) is 8.15. The summed E-state index contributed by atoms with van der Waals surface area (Å²) in [4.78, 5) is 23.6. The van der Waals surface area contributed by atoms with Crippen LogP contribution in [-0.2, 0) is 14.8 Å². The molecule has 9 nitrogen and oxygen atoms in total. The lowest BCUT2D eigenvalue weighted by Crippen LogP contribution is -2.22. The zero-order chi connectivity index (χ0) is 24.9. The highest BCUT2D eigenvalue weighted by molar-refractivity contribution is 7.94. The van der Waals surface area contributed by atoms with Gasteiger partial charge in [-0.2, -0.15) is 5.10 Å². The van der Waals surface area contributed by atoms with Gasteiger partial charge in [0.2, 0.25) is 0 Å². The van der Waals surface area contributed by atoms with E-state index >= 15 is 0 Å². The number of carbonyl (C=O) groups is 2. The van der Waals surface area contributed by atoms with Gasteiger partial charge >= 0.3 is 5.97 Å². The van der Waals surface area contributed by atoms with Gasteiger partial charge in [0.15, 0.2) is 6.61 Å². The molecule has 3 aromatic rings. The minimum Gasteiger partial charge on any atom is -0.481 e. The van der Waals surface area contributed by atoms with Crippen molar-refractivity contribution in [3.63, 3.8) is 0 Å². The number of nitrogens with zero attached hydrogens (tertiary/aromatic N) is 1. The van der Waals surface area contributed by atoms with Crippen molar-refractivity contribution >= 4 is 68.3 Å². The summed E-state index contributed by atoms with van der Waals surface area (Å²) < 4.78 is 33.4. The fourth-order valence-electron chi connectivity index (χ4n) is 2.73. The summed E-state index contributed by atoms with van der Waals surface area (Å²) in [5.74, 6) is -1.65. The predicted octanol–water partition coefficient (Wildman–Crippen LogP) is 4.39. The number of benzene rings is 2. The van der Waals surface area contributed by atoms with E-state index in [1.54, 1.807) is 19.1 Å². The summed E-state index contributed by atoms with van der Waals surface area (Å²) in [7, 11) is -3.97. The van der Waals surface area contributed by atoms with Gasteiger partial charge in [-0.05, 0) is 48.9 Å². The molecule has 0 unspecified atom stereocenters. The van der Waals surface area contributed by atoms with Crippen molar-refractivity contribution in [1.29, 1.82) is 0 Å². The largest absolute Gasteiger partial charge is 0.481 e. The molecular weight excluding hydrogens is 525 g/mol. The minimum atomic E-state index is -3.97. The summed E-state index contributed by atoms with van der Waals surface area (Å²) in [5.41, 5.74) is 3.29. The molecule has 0 spiro atoms. The molecule has 3 N–H and O–H groups in total. The summed E-state index contributed by atoms with van der Waals surface area (Å²) in [6.45, 7) is 1.08. The van der Waals surface area contributed by atoms with E-state index in [0.717, 1.165) is 11.3 Å². The predicted molar refractivity (Wildman–Crippen MR) is 131 cm³/mol. The number of para-hydroxylation sites is 1. The van der Waals surface area contributed by atoms with Crippen LogP contribution in [0.2, 0.25) is 9.36 Å². The maximum Gasteiger partial charge on any atom is 0.341 e. The van der Waals surface area contributed by atoms with Gasteiger partial charge in [0, 0.05) is 10.6 Å². The maximum atomic E-state index is 12.8. The Balaban J connectivity index is 1.82. The molecular formula is C21H17Cl2N3O6S2. The number of sulfonamides is 1. The first-order valence-electron chi connectivity index (χ1n) is 9.42. The van der Waals surface area contributed by atoms with Crippen LogP contribution in [0.15, 0.2) is 57.8 Å². The Labute approximate surface area is 209 Å². The standard InChI is InChI=1S/C21H17Cl2N3O6S2/c1-12-3-2-4-15(20(12)26-34(30,31)19-8-7-17(23)33-19)21(29)25-24-10-13-9-14(22)5-6-16(13)32-11-18(27)28/h2-10,26H,11H2,1H3,(H,25,29)(H,27,28). The molecule has 0 aliphatic heterocycles. The number of amides is 1. The molecule has 0 saturated heterocycles. The van der Waals surface area contributed by atoms with Crippen LogP contribution < -0.4 is 14.9 Å². The van der Waals surface area contributed by atoms with E-state index in [1.165, 1.54) is 42.6 Å². The van der Waals surface area contributed by atoms with Gasteiger partial charge in [-0.1, -0.05) is 35.3 Å². The number of carbonyl (C=O) groups excluding carboxylic acids is 1.